The number of hydroxylamine groups is 1. The SMILES string of the molecule is CCCCN(C)c1ccc2c(c1)C(=O)N(CC1CCCNC1)C(c1ccccc1OC)N2OC(=O)C(F)(F)F. The van der Waals surface area contributed by atoms with Gasteiger partial charge in [-0.3, -0.25) is 4.79 Å². The van der Waals surface area contributed by atoms with E-state index in [4.69, 9.17) is 9.57 Å². The van der Waals surface area contributed by atoms with Crippen LogP contribution in [-0.2, 0) is 9.63 Å². The summed E-state index contributed by atoms with van der Waals surface area (Å²) in [5.74, 6) is -2.30. The third kappa shape index (κ3) is 6.24. The zero-order chi connectivity index (χ0) is 28.2. The number of benzene rings is 2. The van der Waals surface area contributed by atoms with Crippen molar-refractivity contribution in [3.63, 3.8) is 0 Å². The number of nitrogens with zero attached hydrogens (tertiary/aromatic N) is 3. The van der Waals surface area contributed by atoms with Crippen LogP contribution in [0.1, 0.15) is 54.7 Å². The van der Waals surface area contributed by atoms with E-state index in [0.29, 0.717) is 17.9 Å². The van der Waals surface area contributed by atoms with Crippen molar-refractivity contribution in [2.24, 2.45) is 5.92 Å². The fourth-order valence-corrected chi connectivity index (χ4v) is 5.13. The Labute approximate surface area is 226 Å². The molecular formula is C28H35F3N4O4. The molecule has 2 aromatic rings. The lowest BCUT2D eigenvalue weighted by Crippen LogP contribution is -2.53. The predicted octanol–water partition coefficient (Wildman–Crippen LogP) is 4.91. The van der Waals surface area contributed by atoms with Gasteiger partial charge in [-0.2, -0.15) is 18.2 Å². The Balaban J connectivity index is 1.86. The van der Waals surface area contributed by atoms with E-state index in [9.17, 15) is 22.8 Å². The zero-order valence-corrected chi connectivity index (χ0v) is 22.5. The Morgan fingerprint density at radius 1 is 1.21 bits per heavy atom. The molecular weight excluding hydrogens is 513 g/mol. The number of rotatable bonds is 9. The summed E-state index contributed by atoms with van der Waals surface area (Å²) in [4.78, 5) is 34.9. The van der Waals surface area contributed by atoms with Gasteiger partial charge in [0.25, 0.3) is 5.91 Å². The van der Waals surface area contributed by atoms with Crippen LogP contribution in [0.25, 0.3) is 0 Å². The summed E-state index contributed by atoms with van der Waals surface area (Å²) in [6.07, 6.45) is -2.71. The Hall–Kier alpha value is -3.47. The second-order valence-electron chi connectivity index (χ2n) is 9.96. The number of hydrogen-bond acceptors (Lipinski definition) is 7. The number of halogens is 3. The number of alkyl halides is 3. The molecule has 0 spiro atoms. The van der Waals surface area contributed by atoms with E-state index in [-0.39, 0.29) is 29.6 Å². The number of carbonyl (C=O) groups is 2. The zero-order valence-electron chi connectivity index (χ0n) is 22.5. The third-order valence-electron chi connectivity index (χ3n) is 7.20. The number of fused-ring (bicyclic) bond motifs is 1. The van der Waals surface area contributed by atoms with Crippen LogP contribution in [0.3, 0.4) is 0 Å². The van der Waals surface area contributed by atoms with Crippen LogP contribution >= 0.6 is 0 Å². The number of anilines is 2. The molecule has 2 unspecified atom stereocenters. The van der Waals surface area contributed by atoms with Gasteiger partial charge in [0.05, 0.1) is 18.4 Å². The molecule has 1 fully saturated rings. The molecule has 2 atom stereocenters. The van der Waals surface area contributed by atoms with Crippen molar-refractivity contribution in [2.75, 3.05) is 50.3 Å². The number of ether oxygens (including phenoxy) is 1. The topological polar surface area (TPSA) is 74.3 Å². The quantitative estimate of drug-likeness (QED) is 0.477. The highest BCUT2D eigenvalue weighted by molar-refractivity contribution is 6.03. The summed E-state index contributed by atoms with van der Waals surface area (Å²) in [6.45, 7) is 4.61. The monoisotopic (exact) mass is 548 g/mol. The fraction of sp³-hybridized carbons (Fsp3) is 0.500. The number of hydrogen-bond donors (Lipinski definition) is 1. The van der Waals surface area contributed by atoms with Crippen LogP contribution < -0.4 is 20.0 Å². The summed E-state index contributed by atoms with van der Waals surface area (Å²) in [5.41, 5.74) is 1.40. The first-order chi connectivity index (χ1) is 18.7. The molecule has 1 N–H and O–H groups in total. The first-order valence-electron chi connectivity index (χ1n) is 13.2. The van der Waals surface area contributed by atoms with Crippen molar-refractivity contribution in [2.45, 2.75) is 44.9 Å². The maximum absolute atomic E-state index is 14.1. The molecule has 1 amide bonds. The van der Waals surface area contributed by atoms with Crippen LogP contribution in [0.4, 0.5) is 24.5 Å². The van der Waals surface area contributed by atoms with Crippen LogP contribution in [0.2, 0.25) is 0 Å². The first kappa shape index (κ1) is 28.5. The van der Waals surface area contributed by atoms with E-state index in [1.807, 2.05) is 11.9 Å². The van der Waals surface area contributed by atoms with E-state index in [0.717, 1.165) is 49.5 Å². The van der Waals surface area contributed by atoms with Crippen molar-refractivity contribution < 1.29 is 32.3 Å². The van der Waals surface area contributed by atoms with E-state index < -0.39 is 18.3 Å². The highest BCUT2D eigenvalue weighted by Gasteiger charge is 2.48. The van der Waals surface area contributed by atoms with E-state index in [2.05, 4.69) is 12.2 Å². The molecule has 4 rings (SSSR count). The second-order valence-corrected chi connectivity index (χ2v) is 9.96. The molecule has 212 valence electrons. The molecule has 2 aliphatic rings. The predicted molar refractivity (Wildman–Crippen MR) is 142 cm³/mol. The van der Waals surface area contributed by atoms with E-state index in [1.165, 1.54) is 18.1 Å². The molecule has 0 bridgehead atoms. The fourth-order valence-electron chi connectivity index (χ4n) is 5.13. The lowest BCUT2D eigenvalue weighted by atomic mass is 9.95. The summed E-state index contributed by atoms with van der Waals surface area (Å²) in [5, 5.41) is 4.24. The Morgan fingerprint density at radius 2 is 1.97 bits per heavy atom. The summed E-state index contributed by atoms with van der Waals surface area (Å²) >= 11 is 0. The number of unbranched alkanes of at least 4 members (excludes halogenated alkanes) is 1. The van der Waals surface area contributed by atoms with E-state index >= 15 is 0 Å². The van der Waals surface area contributed by atoms with Crippen LogP contribution in [0.15, 0.2) is 42.5 Å². The van der Waals surface area contributed by atoms with Crippen LogP contribution in [-0.4, -0.2) is 63.3 Å². The number of nitrogens with one attached hydrogen (secondary N) is 1. The summed E-state index contributed by atoms with van der Waals surface area (Å²) < 4.78 is 45.9. The van der Waals surface area contributed by atoms with Crippen molar-refractivity contribution in [1.82, 2.24) is 10.2 Å². The Bertz CT molecular complexity index is 1170. The number of carbonyl (C=O) groups excluding carboxylic acids is 2. The van der Waals surface area contributed by atoms with Gasteiger partial charge in [0.1, 0.15) is 5.75 Å². The van der Waals surface area contributed by atoms with Crippen molar-refractivity contribution in [3.8, 4) is 5.75 Å². The number of methoxy groups -OCH3 is 1. The maximum atomic E-state index is 14.1. The van der Waals surface area contributed by atoms with Crippen molar-refractivity contribution >= 4 is 23.3 Å². The largest absolute Gasteiger partial charge is 0.496 e. The molecule has 2 aliphatic heterocycles. The molecule has 0 saturated carbocycles. The van der Waals surface area contributed by atoms with Crippen LogP contribution in [0, 0.1) is 5.92 Å². The lowest BCUT2D eigenvalue weighted by molar-refractivity contribution is -0.203. The third-order valence-corrected chi connectivity index (χ3v) is 7.20. The molecule has 2 aromatic carbocycles. The lowest BCUT2D eigenvalue weighted by Gasteiger charge is -2.45. The van der Waals surface area contributed by atoms with Crippen LogP contribution in [0.5, 0.6) is 5.75 Å². The van der Waals surface area contributed by atoms with Gasteiger partial charge < -0.3 is 24.7 Å². The summed E-state index contributed by atoms with van der Waals surface area (Å²) in [6, 6.07) is 11.7. The second kappa shape index (κ2) is 12.1. The maximum Gasteiger partial charge on any atom is 0.493 e. The highest BCUT2D eigenvalue weighted by atomic mass is 19.4. The molecule has 1 saturated heterocycles. The number of amides is 1. The van der Waals surface area contributed by atoms with E-state index in [1.54, 1.807) is 36.4 Å². The van der Waals surface area contributed by atoms with Gasteiger partial charge in [-0.25, -0.2) is 4.79 Å². The molecule has 39 heavy (non-hydrogen) atoms. The van der Waals surface area contributed by atoms with Gasteiger partial charge in [-0.05, 0) is 62.5 Å². The van der Waals surface area contributed by atoms with Crippen molar-refractivity contribution in [3.05, 3.63) is 53.6 Å². The average molecular weight is 549 g/mol. The summed E-state index contributed by atoms with van der Waals surface area (Å²) in [7, 11) is 3.34. The molecule has 0 aromatic heterocycles. The Kier molecular flexibility index (Phi) is 8.89. The normalized spacial score (nSPS) is 19.5. The number of piperidine rings is 1. The minimum absolute atomic E-state index is 0.0667. The van der Waals surface area contributed by atoms with Crippen molar-refractivity contribution in [1.29, 1.82) is 0 Å². The molecule has 2 heterocycles. The smallest absolute Gasteiger partial charge is 0.493 e. The van der Waals surface area contributed by atoms with Gasteiger partial charge in [-0.1, -0.05) is 31.5 Å². The molecule has 8 nitrogen and oxygen atoms in total. The average Bonchev–Trinajstić information content (AvgIpc) is 2.94. The first-order valence-corrected chi connectivity index (χ1v) is 13.2. The number of para-hydroxylation sites is 1. The minimum atomic E-state index is -5.23. The van der Waals surface area contributed by atoms with Gasteiger partial charge in [0, 0.05) is 31.4 Å². The Morgan fingerprint density at radius 3 is 2.64 bits per heavy atom. The highest BCUT2D eigenvalue weighted by Crippen LogP contribution is 2.44. The van der Waals surface area contributed by atoms with Gasteiger partial charge in [0.15, 0.2) is 6.17 Å². The standard InChI is InChI=1S/C28H35F3N4O4/c1-4-5-15-33(2)20-12-13-23-22(16-20)26(36)34(18-19-9-8-14-32-17-19)25(21-10-6-7-11-24(21)38-3)35(23)39-27(37)28(29,30)31/h6-7,10-13,16,19,25,32H,4-5,8-9,14-15,17-18H2,1-3H3. The molecule has 0 aliphatic carbocycles. The molecule has 11 heteroatoms. The van der Waals surface area contributed by atoms with Gasteiger partial charge in [-0.15, -0.1) is 0 Å². The molecule has 0 radical (unpaired) electrons. The minimum Gasteiger partial charge on any atom is -0.496 e. The van der Waals surface area contributed by atoms with Gasteiger partial charge in [0.2, 0.25) is 0 Å². The van der Waals surface area contributed by atoms with Gasteiger partial charge >= 0.3 is 12.1 Å².